The molecule has 106 valence electrons. The predicted molar refractivity (Wildman–Crippen MR) is 81.9 cm³/mol. The van der Waals surface area contributed by atoms with Gasteiger partial charge in [-0.15, -0.1) is 0 Å². The minimum atomic E-state index is -0.133. The number of methoxy groups -OCH3 is 1. The molecule has 0 aliphatic heterocycles. The highest BCUT2D eigenvalue weighted by atomic mass is 35.5. The average Bonchev–Trinajstić information content (AvgIpc) is 2.48. The van der Waals surface area contributed by atoms with Crippen molar-refractivity contribution in [2.24, 2.45) is 0 Å². The summed E-state index contributed by atoms with van der Waals surface area (Å²) in [5, 5.41) is 0.875. The van der Waals surface area contributed by atoms with Gasteiger partial charge in [-0.05, 0) is 19.1 Å². The van der Waals surface area contributed by atoms with Crippen LogP contribution in [0.4, 0.5) is 0 Å². The van der Waals surface area contributed by atoms with E-state index in [1.165, 1.54) is 13.2 Å². The van der Waals surface area contributed by atoms with Crippen LogP contribution >= 0.6 is 11.6 Å². The second kappa shape index (κ2) is 5.18. The Kier molecular flexibility index (Phi) is 3.35. The zero-order valence-electron chi connectivity index (χ0n) is 11.5. The Morgan fingerprint density at radius 1 is 1.29 bits per heavy atom. The number of H-pyrrole nitrogens is 1. The molecule has 1 N–H and O–H groups in total. The van der Waals surface area contributed by atoms with Crippen LogP contribution in [-0.4, -0.2) is 22.1 Å². The van der Waals surface area contributed by atoms with E-state index in [0.717, 1.165) is 5.69 Å². The van der Waals surface area contributed by atoms with Crippen molar-refractivity contribution in [3.05, 3.63) is 51.5 Å². The number of rotatable bonds is 2. The molecule has 21 heavy (non-hydrogen) atoms. The summed E-state index contributed by atoms with van der Waals surface area (Å²) >= 11 is 6.27. The third-order valence-corrected chi connectivity index (χ3v) is 3.53. The highest BCUT2D eigenvalue weighted by Crippen LogP contribution is 2.31. The van der Waals surface area contributed by atoms with Gasteiger partial charge in [0.2, 0.25) is 0 Å². The van der Waals surface area contributed by atoms with Gasteiger partial charge < -0.3 is 9.72 Å². The third kappa shape index (κ3) is 2.36. The fraction of sp³-hybridized carbons (Fsp3) is 0.133. The number of aryl methyl sites for hydroxylation is 1. The van der Waals surface area contributed by atoms with Crippen LogP contribution in [0, 0.1) is 6.92 Å². The van der Waals surface area contributed by atoms with Crippen LogP contribution in [-0.2, 0) is 0 Å². The van der Waals surface area contributed by atoms with Gasteiger partial charge in [-0.25, -0.2) is 4.98 Å². The number of benzene rings is 1. The lowest BCUT2D eigenvalue weighted by Gasteiger charge is -2.08. The van der Waals surface area contributed by atoms with Crippen molar-refractivity contribution < 1.29 is 4.74 Å². The fourth-order valence-electron chi connectivity index (χ4n) is 2.15. The van der Waals surface area contributed by atoms with E-state index in [1.807, 2.05) is 6.92 Å². The van der Waals surface area contributed by atoms with E-state index in [2.05, 4.69) is 15.0 Å². The number of hydrogen-bond acceptors (Lipinski definition) is 4. The highest BCUT2D eigenvalue weighted by molar-refractivity contribution is 6.36. The van der Waals surface area contributed by atoms with Gasteiger partial charge in [-0.3, -0.25) is 9.78 Å². The van der Waals surface area contributed by atoms with Gasteiger partial charge in [0.05, 0.1) is 30.2 Å². The average molecular weight is 302 g/mol. The van der Waals surface area contributed by atoms with Crippen LogP contribution in [0.1, 0.15) is 5.69 Å². The van der Waals surface area contributed by atoms with Crippen LogP contribution in [0.25, 0.3) is 22.3 Å². The number of nitrogens with zero attached hydrogens (tertiary/aromatic N) is 2. The van der Waals surface area contributed by atoms with Crippen LogP contribution in [0.3, 0.4) is 0 Å². The molecule has 0 unspecified atom stereocenters. The Morgan fingerprint density at radius 2 is 2.10 bits per heavy atom. The van der Waals surface area contributed by atoms with Crippen molar-refractivity contribution in [2.45, 2.75) is 6.92 Å². The minimum absolute atomic E-state index is 0.133. The molecule has 0 radical (unpaired) electrons. The monoisotopic (exact) mass is 301 g/mol. The lowest BCUT2D eigenvalue weighted by atomic mass is 10.1. The van der Waals surface area contributed by atoms with Crippen LogP contribution < -0.4 is 10.2 Å². The Balaban J connectivity index is 2.31. The van der Waals surface area contributed by atoms with Gasteiger partial charge in [0.25, 0.3) is 0 Å². The SMILES string of the molecule is COc1ccc2c(=O)cc(-c3cncc(C)n3)[nH]c2c1Cl. The summed E-state index contributed by atoms with van der Waals surface area (Å²) in [6, 6.07) is 4.85. The Hall–Kier alpha value is -2.40. The van der Waals surface area contributed by atoms with Crippen molar-refractivity contribution in [3.63, 3.8) is 0 Å². The first-order valence-corrected chi connectivity index (χ1v) is 6.66. The lowest BCUT2D eigenvalue weighted by molar-refractivity contribution is 0.415. The van der Waals surface area contributed by atoms with Crippen molar-refractivity contribution in [1.82, 2.24) is 15.0 Å². The van der Waals surface area contributed by atoms with Gasteiger partial charge in [-0.2, -0.15) is 0 Å². The molecule has 6 heteroatoms. The normalized spacial score (nSPS) is 10.8. The van der Waals surface area contributed by atoms with Crippen LogP contribution in [0.15, 0.2) is 35.4 Å². The maximum absolute atomic E-state index is 12.2. The second-order valence-corrected chi connectivity index (χ2v) is 4.98. The zero-order chi connectivity index (χ0) is 15.0. The summed E-state index contributed by atoms with van der Waals surface area (Å²) in [6.45, 7) is 1.84. The predicted octanol–water partition coefficient (Wildman–Crippen LogP) is 2.96. The van der Waals surface area contributed by atoms with E-state index in [9.17, 15) is 4.79 Å². The molecule has 0 saturated carbocycles. The van der Waals surface area contributed by atoms with Gasteiger partial charge in [0.15, 0.2) is 5.43 Å². The summed E-state index contributed by atoms with van der Waals surface area (Å²) in [5.41, 5.74) is 2.32. The van der Waals surface area contributed by atoms with Gasteiger partial charge in [0, 0.05) is 17.6 Å². The number of pyridine rings is 1. The topological polar surface area (TPSA) is 67.9 Å². The molecule has 5 nitrogen and oxygen atoms in total. The minimum Gasteiger partial charge on any atom is -0.495 e. The molecule has 0 spiro atoms. The van der Waals surface area contributed by atoms with E-state index < -0.39 is 0 Å². The number of ether oxygens (including phenoxy) is 1. The molecule has 1 aromatic carbocycles. The highest BCUT2D eigenvalue weighted by Gasteiger charge is 2.11. The van der Waals surface area contributed by atoms with E-state index in [4.69, 9.17) is 16.3 Å². The first kappa shape index (κ1) is 13.6. The zero-order valence-corrected chi connectivity index (χ0v) is 12.2. The number of aromatic nitrogens is 3. The van der Waals surface area contributed by atoms with E-state index in [1.54, 1.807) is 24.5 Å². The van der Waals surface area contributed by atoms with Crippen molar-refractivity contribution >= 4 is 22.5 Å². The smallest absolute Gasteiger partial charge is 0.190 e. The Labute approximate surface area is 125 Å². The molecule has 0 saturated heterocycles. The summed E-state index contributed by atoms with van der Waals surface area (Å²) in [6.07, 6.45) is 3.25. The van der Waals surface area contributed by atoms with Crippen LogP contribution in [0.2, 0.25) is 5.02 Å². The fourth-order valence-corrected chi connectivity index (χ4v) is 2.44. The number of fused-ring (bicyclic) bond motifs is 1. The molecule has 0 fully saturated rings. The maximum Gasteiger partial charge on any atom is 0.190 e. The summed E-state index contributed by atoms with van der Waals surface area (Å²) < 4.78 is 5.18. The summed E-state index contributed by atoms with van der Waals surface area (Å²) in [5.74, 6) is 0.507. The molecule has 2 aromatic heterocycles. The molecular weight excluding hydrogens is 290 g/mol. The maximum atomic E-state index is 12.2. The standard InChI is InChI=1S/C15H12ClN3O2/c1-8-6-17-7-11(18-8)10-5-12(20)9-3-4-13(21-2)14(16)15(9)19-10/h3-7H,1-2H3,(H,19,20). The molecular formula is C15H12ClN3O2. The number of halogens is 1. The molecule has 0 aliphatic rings. The molecule has 0 bridgehead atoms. The van der Waals surface area contributed by atoms with Crippen molar-refractivity contribution in [1.29, 1.82) is 0 Å². The Bertz CT molecular complexity index is 890. The van der Waals surface area contributed by atoms with Gasteiger partial charge in [0.1, 0.15) is 16.5 Å². The quantitative estimate of drug-likeness (QED) is 0.790. The molecule has 2 heterocycles. The van der Waals surface area contributed by atoms with Gasteiger partial charge >= 0.3 is 0 Å². The van der Waals surface area contributed by atoms with E-state index in [0.29, 0.717) is 33.1 Å². The number of nitrogens with one attached hydrogen (secondary N) is 1. The summed E-state index contributed by atoms with van der Waals surface area (Å²) in [4.78, 5) is 23.8. The second-order valence-electron chi connectivity index (χ2n) is 4.60. The molecule has 3 aromatic rings. The van der Waals surface area contributed by atoms with Gasteiger partial charge in [-0.1, -0.05) is 11.6 Å². The number of hydrogen-bond donors (Lipinski definition) is 1. The van der Waals surface area contributed by atoms with Crippen molar-refractivity contribution in [2.75, 3.05) is 7.11 Å². The molecule has 0 atom stereocenters. The summed E-state index contributed by atoms with van der Waals surface area (Å²) in [7, 11) is 1.53. The lowest BCUT2D eigenvalue weighted by Crippen LogP contribution is -2.05. The number of aromatic amines is 1. The van der Waals surface area contributed by atoms with Crippen LogP contribution in [0.5, 0.6) is 5.75 Å². The Morgan fingerprint density at radius 3 is 2.81 bits per heavy atom. The molecule has 3 rings (SSSR count). The van der Waals surface area contributed by atoms with E-state index in [-0.39, 0.29) is 5.43 Å². The largest absolute Gasteiger partial charge is 0.495 e. The third-order valence-electron chi connectivity index (χ3n) is 3.16. The molecule has 0 aliphatic carbocycles. The van der Waals surface area contributed by atoms with E-state index >= 15 is 0 Å². The first-order valence-electron chi connectivity index (χ1n) is 6.28. The first-order chi connectivity index (χ1) is 10.1. The van der Waals surface area contributed by atoms with Crippen molar-refractivity contribution in [3.8, 4) is 17.1 Å². The molecule has 0 amide bonds.